The van der Waals surface area contributed by atoms with Crippen LogP contribution in [0.5, 0.6) is 0 Å². The number of allylic oxidation sites excluding steroid dienone is 5. The van der Waals surface area contributed by atoms with Crippen molar-refractivity contribution < 1.29 is 9.53 Å². The van der Waals surface area contributed by atoms with E-state index in [0.29, 0.717) is 17.8 Å². The summed E-state index contributed by atoms with van der Waals surface area (Å²) >= 11 is 0. The summed E-state index contributed by atoms with van der Waals surface area (Å²) in [6.45, 7) is 3.05. The number of ether oxygens (including phenoxy) is 1. The first-order valence-corrected chi connectivity index (χ1v) is 11.7. The molecular weight excluding hydrogens is 362 g/mol. The molecule has 0 radical (unpaired) electrons. The minimum absolute atomic E-state index is 0.00817. The maximum absolute atomic E-state index is 13.3. The maximum Gasteiger partial charge on any atom is 0.300 e. The zero-order chi connectivity index (χ0) is 20.1. The summed E-state index contributed by atoms with van der Waals surface area (Å²) in [6.07, 6.45) is 19.8. The molecule has 1 aliphatic heterocycles. The van der Waals surface area contributed by atoms with Crippen molar-refractivity contribution in [3.05, 3.63) is 35.3 Å². The van der Waals surface area contributed by atoms with Crippen LogP contribution in [0.25, 0.3) is 0 Å². The van der Waals surface area contributed by atoms with Gasteiger partial charge in [0, 0.05) is 18.3 Å². The van der Waals surface area contributed by atoms with Gasteiger partial charge in [-0.15, -0.1) is 0 Å². The molecule has 1 heterocycles. The molecule has 4 aliphatic rings. The van der Waals surface area contributed by atoms with Crippen molar-refractivity contribution in [2.24, 2.45) is 4.99 Å². The van der Waals surface area contributed by atoms with Gasteiger partial charge in [0.05, 0.1) is 6.04 Å². The number of carbonyl (C=O) groups excluding carboxylic acids is 1. The second kappa shape index (κ2) is 9.64. The zero-order valence-electron chi connectivity index (χ0n) is 17.8. The van der Waals surface area contributed by atoms with Gasteiger partial charge < -0.3 is 10.1 Å². The molecule has 0 aromatic heterocycles. The first-order valence-electron chi connectivity index (χ1n) is 11.7. The number of hydrogen-bond acceptors (Lipinski definition) is 4. The molecule has 1 saturated heterocycles. The van der Waals surface area contributed by atoms with Crippen LogP contribution in [0.4, 0.5) is 0 Å². The lowest BCUT2D eigenvalue weighted by molar-refractivity contribution is -0.124. The molecule has 0 aromatic carbocycles. The van der Waals surface area contributed by atoms with E-state index in [-0.39, 0.29) is 11.9 Å². The van der Waals surface area contributed by atoms with E-state index in [9.17, 15) is 4.79 Å². The minimum atomic E-state index is 0.00817. The molecule has 0 unspecified atom stereocenters. The summed E-state index contributed by atoms with van der Waals surface area (Å²) in [7, 11) is 0. The molecule has 0 spiro atoms. The molecule has 1 N–H and O–H groups in total. The van der Waals surface area contributed by atoms with Crippen molar-refractivity contribution in [2.75, 3.05) is 6.54 Å². The van der Waals surface area contributed by atoms with Gasteiger partial charge >= 0.3 is 6.02 Å². The predicted octanol–water partition coefficient (Wildman–Crippen LogP) is 4.96. The molecule has 29 heavy (non-hydrogen) atoms. The monoisotopic (exact) mass is 397 g/mol. The highest BCUT2D eigenvalue weighted by Crippen LogP contribution is 2.31. The van der Waals surface area contributed by atoms with Crippen LogP contribution in [0.15, 0.2) is 40.2 Å². The number of nitrogens with zero attached hydrogens (tertiary/aromatic N) is 2. The summed E-state index contributed by atoms with van der Waals surface area (Å²) in [4.78, 5) is 20.1. The van der Waals surface area contributed by atoms with Crippen molar-refractivity contribution in [1.82, 2.24) is 10.2 Å². The zero-order valence-corrected chi connectivity index (χ0v) is 17.8. The fourth-order valence-corrected chi connectivity index (χ4v) is 4.92. The summed E-state index contributed by atoms with van der Waals surface area (Å²) in [5.74, 6) is 0.463. The van der Waals surface area contributed by atoms with Gasteiger partial charge in [-0.2, -0.15) is 0 Å². The third-order valence-electron chi connectivity index (χ3n) is 6.55. The second-order valence-electron chi connectivity index (χ2n) is 8.74. The lowest BCUT2D eigenvalue weighted by Gasteiger charge is -2.29. The Morgan fingerprint density at radius 1 is 1.07 bits per heavy atom. The van der Waals surface area contributed by atoms with Crippen LogP contribution in [-0.4, -0.2) is 35.5 Å². The fourth-order valence-electron chi connectivity index (χ4n) is 4.92. The summed E-state index contributed by atoms with van der Waals surface area (Å²) in [6, 6.07) is 1.11. The average molecular weight is 398 g/mol. The highest BCUT2D eigenvalue weighted by Gasteiger charge is 2.40. The van der Waals surface area contributed by atoms with Gasteiger partial charge in [-0.1, -0.05) is 44.6 Å². The first-order chi connectivity index (χ1) is 14.2. The molecule has 0 aromatic rings. The lowest BCUT2D eigenvalue weighted by Crippen LogP contribution is -2.41. The van der Waals surface area contributed by atoms with E-state index in [0.717, 1.165) is 50.6 Å². The Morgan fingerprint density at radius 3 is 2.45 bits per heavy atom. The highest BCUT2D eigenvalue weighted by atomic mass is 16.5. The topological polar surface area (TPSA) is 53.9 Å². The van der Waals surface area contributed by atoms with E-state index in [2.05, 4.69) is 24.4 Å². The Labute approximate surface area is 175 Å². The fraction of sp³-hybridized carbons (Fsp3) is 0.667. The van der Waals surface area contributed by atoms with E-state index >= 15 is 0 Å². The van der Waals surface area contributed by atoms with E-state index in [1.165, 1.54) is 44.2 Å². The number of rotatable bonds is 5. The quantitative estimate of drug-likeness (QED) is 0.667. The van der Waals surface area contributed by atoms with Crippen LogP contribution in [-0.2, 0) is 9.53 Å². The third kappa shape index (κ3) is 4.93. The highest BCUT2D eigenvalue weighted by molar-refractivity contribution is 6.09. The lowest BCUT2D eigenvalue weighted by atomic mass is 9.94. The van der Waals surface area contributed by atoms with Gasteiger partial charge in [0.2, 0.25) is 0 Å². The summed E-state index contributed by atoms with van der Waals surface area (Å²) in [5.41, 5.74) is 2.41. The third-order valence-corrected chi connectivity index (χ3v) is 6.55. The predicted molar refractivity (Wildman–Crippen MR) is 116 cm³/mol. The van der Waals surface area contributed by atoms with Crippen molar-refractivity contribution >= 4 is 11.9 Å². The maximum atomic E-state index is 13.3. The molecule has 0 bridgehead atoms. The Kier molecular flexibility index (Phi) is 6.73. The van der Waals surface area contributed by atoms with Crippen LogP contribution in [0.3, 0.4) is 0 Å². The SMILES string of the molecule is CCNC1=CC=C(/C=C2/O/C(=N/C3CCCCC3)N(C3CCCCC3)C2=O)CC1. The Hall–Kier alpha value is -2.04. The van der Waals surface area contributed by atoms with E-state index in [1.807, 2.05) is 11.0 Å². The standard InChI is InChI=1S/C24H35N3O2/c1-2-25-19-15-13-18(14-16-19)17-22-23(28)27(21-11-7-4-8-12-21)24(29-22)26-20-9-5-3-6-10-20/h13,15,17,20-21,25H,2-12,14,16H2,1H3/b22-17+,26-24+. The van der Waals surface area contributed by atoms with Crippen LogP contribution < -0.4 is 5.32 Å². The van der Waals surface area contributed by atoms with E-state index < -0.39 is 0 Å². The second-order valence-corrected chi connectivity index (χ2v) is 8.74. The Morgan fingerprint density at radius 2 is 1.79 bits per heavy atom. The molecule has 3 fully saturated rings. The first kappa shape index (κ1) is 20.2. The largest absolute Gasteiger partial charge is 0.420 e. The molecule has 0 atom stereocenters. The van der Waals surface area contributed by atoms with Crippen LogP contribution in [0.1, 0.15) is 84.0 Å². The minimum Gasteiger partial charge on any atom is -0.420 e. The number of amidine groups is 1. The average Bonchev–Trinajstić information content (AvgIpc) is 3.05. The van der Waals surface area contributed by atoms with Gasteiger partial charge in [-0.05, 0) is 63.2 Å². The molecule has 4 rings (SSSR count). The van der Waals surface area contributed by atoms with Gasteiger partial charge in [-0.3, -0.25) is 9.69 Å². The summed E-state index contributed by atoms with van der Waals surface area (Å²) < 4.78 is 6.13. The Bertz CT molecular complexity index is 722. The van der Waals surface area contributed by atoms with Crippen molar-refractivity contribution in [3.63, 3.8) is 0 Å². The smallest absolute Gasteiger partial charge is 0.300 e. The van der Waals surface area contributed by atoms with E-state index in [4.69, 9.17) is 9.73 Å². The number of aliphatic imine (C=N–C) groups is 1. The van der Waals surface area contributed by atoms with Crippen molar-refractivity contribution in [1.29, 1.82) is 0 Å². The molecule has 158 valence electrons. The molecule has 1 amide bonds. The normalized spacial score (nSPS) is 27.2. The van der Waals surface area contributed by atoms with E-state index in [1.54, 1.807) is 0 Å². The number of hydrogen-bond donors (Lipinski definition) is 1. The molecule has 5 heteroatoms. The Balaban J connectivity index is 1.56. The van der Waals surface area contributed by atoms with Crippen LogP contribution >= 0.6 is 0 Å². The number of amides is 1. The van der Waals surface area contributed by atoms with Gasteiger partial charge in [0.1, 0.15) is 0 Å². The van der Waals surface area contributed by atoms with Gasteiger partial charge in [0.15, 0.2) is 5.76 Å². The molecule has 5 nitrogen and oxygen atoms in total. The van der Waals surface area contributed by atoms with Gasteiger partial charge in [0.25, 0.3) is 5.91 Å². The number of nitrogens with one attached hydrogen (secondary N) is 1. The number of carbonyl (C=O) groups is 1. The van der Waals surface area contributed by atoms with Crippen LogP contribution in [0, 0.1) is 0 Å². The molecule has 2 saturated carbocycles. The van der Waals surface area contributed by atoms with Crippen molar-refractivity contribution in [3.8, 4) is 0 Å². The van der Waals surface area contributed by atoms with Crippen LogP contribution in [0.2, 0.25) is 0 Å². The molecular formula is C24H35N3O2. The summed E-state index contributed by atoms with van der Waals surface area (Å²) in [5, 5.41) is 3.38. The molecule has 3 aliphatic carbocycles. The van der Waals surface area contributed by atoms with Gasteiger partial charge in [-0.25, -0.2) is 4.99 Å². The van der Waals surface area contributed by atoms with Crippen molar-refractivity contribution in [2.45, 2.75) is 96.1 Å².